The van der Waals surface area contributed by atoms with Crippen molar-refractivity contribution in [3.63, 3.8) is 0 Å². The van der Waals surface area contributed by atoms with Crippen molar-refractivity contribution in [2.45, 2.75) is 50.9 Å². The molecule has 2 unspecified atom stereocenters. The third-order valence-electron chi connectivity index (χ3n) is 5.05. The van der Waals surface area contributed by atoms with Crippen molar-refractivity contribution in [3.8, 4) is 0 Å². The molecule has 0 aromatic heterocycles. The molecular formula is C16H31N3O3. The number of piperidine rings is 1. The summed E-state index contributed by atoms with van der Waals surface area (Å²) in [6.45, 7) is 8.59. The summed E-state index contributed by atoms with van der Waals surface area (Å²) in [6, 6.07) is 0.322. The highest BCUT2D eigenvalue weighted by molar-refractivity contribution is 5.85. The monoisotopic (exact) mass is 313 g/mol. The van der Waals surface area contributed by atoms with E-state index in [2.05, 4.69) is 17.1 Å². The van der Waals surface area contributed by atoms with Gasteiger partial charge in [-0.15, -0.1) is 0 Å². The van der Waals surface area contributed by atoms with Gasteiger partial charge in [0.15, 0.2) is 0 Å². The van der Waals surface area contributed by atoms with E-state index >= 15 is 0 Å². The summed E-state index contributed by atoms with van der Waals surface area (Å²) in [5.74, 6) is 0.145. The van der Waals surface area contributed by atoms with Gasteiger partial charge >= 0.3 is 0 Å². The zero-order valence-electron chi connectivity index (χ0n) is 14.2. The van der Waals surface area contributed by atoms with Crippen LogP contribution in [0.5, 0.6) is 0 Å². The molecular weight excluding hydrogens is 282 g/mol. The van der Waals surface area contributed by atoms with Crippen LogP contribution in [0, 0.1) is 0 Å². The topological polar surface area (TPSA) is 65.0 Å². The molecule has 1 amide bonds. The van der Waals surface area contributed by atoms with Crippen LogP contribution in [0.1, 0.15) is 33.1 Å². The Morgan fingerprint density at radius 1 is 1.41 bits per heavy atom. The first-order valence-electron chi connectivity index (χ1n) is 8.49. The zero-order chi connectivity index (χ0) is 16.2. The van der Waals surface area contributed by atoms with Crippen LogP contribution in [-0.2, 0) is 9.53 Å². The van der Waals surface area contributed by atoms with Crippen molar-refractivity contribution in [2.24, 2.45) is 0 Å². The highest BCUT2D eigenvalue weighted by Gasteiger charge is 2.44. The fourth-order valence-corrected chi connectivity index (χ4v) is 3.67. The summed E-state index contributed by atoms with van der Waals surface area (Å²) in [4.78, 5) is 17.3. The van der Waals surface area contributed by atoms with E-state index < -0.39 is 5.60 Å². The van der Waals surface area contributed by atoms with E-state index in [4.69, 9.17) is 4.74 Å². The molecule has 6 nitrogen and oxygen atoms in total. The highest BCUT2D eigenvalue weighted by atomic mass is 16.5. The lowest BCUT2D eigenvalue weighted by Gasteiger charge is -2.45. The molecule has 22 heavy (non-hydrogen) atoms. The SMILES string of the molecule is CCC1CN(C(=O)C2(OC)CCNCC2)CCN1CC(C)O. The van der Waals surface area contributed by atoms with Gasteiger partial charge in [-0.05, 0) is 39.3 Å². The molecule has 0 aliphatic carbocycles. The summed E-state index contributed by atoms with van der Waals surface area (Å²) in [5.41, 5.74) is -0.643. The van der Waals surface area contributed by atoms with Crippen LogP contribution in [-0.4, -0.2) is 84.9 Å². The van der Waals surface area contributed by atoms with Crippen LogP contribution < -0.4 is 5.32 Å². The third-order valence-corrected chi connectivity index (χ3v) is 5.05. The van der Waals surface area contributed by atoms with Crippen molar-refractivity contribution in [1.29, 1.82) is 0 Å². The van der Waals surface area contributed by atoms with E-state index in [-0.39, 0.29) is 12.0 Å². The molecule has 0 aromatic carbocycles. The van der Waals surface area contributed by atoms with Gasteiger partial charge in [-0.2, -0.15) is 0 Å². The number of hydrogen-bond donors (Lipinski definition) is 2. The van der Waals surface area contributed by atoms with Crippen LogP contribution >= 0.6 is 0 Å². The highest BCUT2D eigenvalue weighted by Crippen LogP contribution is 2.27. The number of ether oxygens (including phenoxy) is 1. The number of carbonyl (C=O) groups excluding carboxylic acids is 1. The van der Waals surface area contributed by atoms with Crippen molar-refractivity contribution in [1.82, 2.24) is 15.1 Å². The Hall–Kier alpha value is -0.690. The van der Waals surface area contributed by atoms with Crippen molar-refractivity contribution < 1.29 is 14.6 Å². The lowest BCUT2D eigenvalue weighted by molar-refractivity contribution is -0.161. The molecule has 0 saturated carbocycles. The van der Waals surface area contributed by atoms with Crippen LogP contribution in [0.4, 0.5) is 0 Å². The number of aliphatic hydroxyl groups is 1. The first-order valence-corrected chi connectivity index (χ1v) is 8.49. The minimum Gasteiger partial charge on any atom is -0.392 e. The Balaban J connectivity index is 2.02. The van der Waals surface area contributed by atoms with Gasteiger partial charge in [-0.3, -0.25) is 9.69 Å². The quantitative estimate of drug-likeness (QED) is 0.751. The molecule has 2 heterocycles. The predicted octanol–water partition coefficient (Wildman–Crippen LogP) is 0.0586. The Morgan fingerprint density at radius 2 is 2.09 bits per heavy atom. The second kappa shape index (κ2) is 7.73. The van der Waals surface area contributed by atoms with E-state index in [9.17, 15) is 9.90 Å². The summed E-state index contributed by atoms with van der Waals surface area (Å²) in [6.07, 6.45) is 2.14. The number of amides is 1. The molecule has 128 valence electrons. The van der Waals surface area contributed by atoms with E-state index in [0.717, 1.165) is 52.0 Å². The van der Waals surface area contributed by atoms with E-state index in [1.807, 2.05) is 11.8 Å². The number of rotatable bonds is 5. The maximum atomic E-state index is 13.0. The minimum atomic E-state index is -0.643. The fraction of sp³-hybridized carbons (Fsp3) is 0.938. The Morgan fingerprint density at radius 3 is 2.64 bits per heavy atom. The average Bonchev–Trinajstić information content (AvgIpc) is 2.54. The molecule has 2 fully saturated rings. The van der Waals surface area contributed by atoms with Crippen LogP contribution in [0.3, 0.4) is 0 Å². The number of β-amino-alcohol motifs (C(OH)–C–C–N with tert-alkyl or cyclic N) is 1. The molecule has 6 heteroatoms. The molecule has 0 bridgehead atoms. The smallest absolute Gasteiger partial charge is 0.255 e. The van der Waals surface area contributed by atoms with Crippen LogP contribution in [0.25, 0.3) is 0 Å². The molecule has 2 aliphatic rings. The maximum absolute atomic E-state index is 13.0. The van der Waals surface area contributed by atoms with Gasteiger partial charge in [0.2, 0.25) is 0 Å². The largest absolute Gasteiger partial charge is 0.392 e. The molecule has 0 spiro atoms. The van der Waals surface area contributed by atoms with E-state index in [1.54, 1.807) is 7.11 Å². The van der Waals surface area contributed by atoms with Crippen LogP contribution in [0.2, 0.25) is 0 Å². The number of piperazine rings is 1. The first-order chi connectivity index (χ1) is 10.5. The Kier molecular flexibility index (Phi) is 6.20. The Labute approximate surface area is 133 Å². The lowest BCUT2D eigenvalue weighted by atomic mass is 9.89. The van der Waals surface area contributed by atoms with Gasteiger partial charge in [-0.1, -0.05) is 6.92 Å². The van der Waals surface area contributed by atoms with Gasteiger partial charge in [0.1, 0.15) is 5.60 Å². The first kappa shape index (κ1) is 17.7. The lowest BCUT2D eigenvalue weighted by Crippen LogP contribution is -2.62. The standard InChI is InChI=1S/C16H31N3O3/c1-4-14-12-19(10-9-18(14)11-13(2)20)15(21)16(22-3)5-7-17-8-6-16/h13-14,17,20H,4-12H2,1-3H3. The van der Waals surface area contributed by atoms with Crippen molar-refractivity contribution in [3.05, 3.63) is 0 Å². The van der Waals surface area contributed by atoms with Crippen LogP contribution in [0.15, 0.2) is 0 Å². The van der Waals surface area contributed by atoms with Crippen molar-refractivity contribution >= 4 is 5.91 Å². The molecule has 2 rings (SSSR count). The summed E-state index contributed by atoms with van der Waals surface area (Å²) in [5, 5.41) is 12.9. The predicted molar refractivity (Wildman–Crippen MR) is 85.8 cm³/mol. The summed E-state index contributed by atoms with van der Waals surface area (Å²) in [7, 11) is 1.66. The minimum absolute atomic E-state index is 0.145. The normalized spacial score (nSPS) is 27.6. The van der Waals surface area contributed by atoms with Crippen molar-refractivity contribution in [2.75, 3.05) is 46.4 Å². The molecule has 0 aromatic rings. The second-order valence-electron chi connectivity index (χ2n) is 6.61. The average molecular weight is 313 g/mol. The number of methoxy groups -OCH3 is 1. The second-order valence-corrected chi connectivity index (χ2v) is 6.61. The van der Waals surface area contributed by atoms with E-state index in [0.29, 0.717) is 12.6 Å². The number of hydrogen-bond acceptors (Lipinski definition) is 5. The van der Waals surface area contributed by atoms with Gasteiger partial charge < -0.3 is 20.1 Å². The van der Waals surface area contributed by atoms with Gasteiger partial charge in [0.25, 0.3) is 5.91 Å². The molecule has 2 aliphatic heterocycles. The number of nitrogens with one attached hydrogen (secondary N) is 1. The maximum Gasteiger partial charge on any atom is 0.255 e. The number of aliphatic hydroxyl groups excluding tert-OH is 1. The fourth-order valence-electron chi connectivity index (χ4n) is 3.67. The van der Waals surface area contributed by atoms with Gasteiger partial charge in [-0.25, -0.2) is 0 Å². The number of nitrogens with zero attached hydrogens (tertiary/aromatic N) is 2. The van der Waals surface area contributed by atoms with Gasteiger partial charge in [0, 0.05) is 39.3 Å². The number of carbonyl (C=O) groups is 1. The zero-order valence-corrected chi connectivity index (χ0v) is 14.2. The third kappa shape index (κ3) is 3.79. The summed E-state index contributed by atoms with van der Waals surface area (Å²) < 4.78 is 5.67. The molecule has 2 N–H and O–H groups in total. The summed E-state index contributed by atoms with van der Waals surface area (Å²) >= 11 is 0. The van der Waals surface area contributed by atoms with Gasteiger partial charge in [0.05, 0.1) is 6.10 Å². The molecule has 2 atom stereocenters. The van der Waals surface area contributed by atoms with E-state index in [1.165, 1.54) is 0 Å². The Bertz CT molecular complexity index is 370. The molecule has 0 radical (unpaired) electrons. The molecule has 2 saturated heterocycles.